The molecule has 37 heavy (non-hydrogen) atoms. The Balaban J connectivity index is 1.64. The molecule has 3 aromatic rings. The number of halogens is 11. The van der Waals surface area contributed by atoms with Gasteiger partial charge in [-0.15, -0.1) is 11.3 Å². The summed E-state index contributed by atoms with van der Waals surface area (Å²) in [6.45, 7) is 0. The van der Waals surface area contributed by atoms with E-state index in [9.17, 15) is 53.1 Å². The number of nitrogens with one attached hydrogen (secondary N) is 1. The van der Waals surface area contributed by atoms with E-state index in [1.54, 1.807) is 42.5 Å². The number of benzene rings is 2. The van der Waals surface area contributed by atoms with Crippen molar-refractivity contribution in [3.63, 3.8) is 0 Å². The SMILES string of the molecule is O=C(Nc1nc(-c2ccc(-c3ccccc3)cc2)cs1)C1(F)C(F)(F)C(F)(F)C(F)(F)C(F)(F)C1(F)F. The molecule has 1 aliphatic rings. The Morgan fingerprint density at radius 2 is 1.05 bits per heavy atom. The van der Waals surface area contributed by atoms with Crippen LogP contribution in [0.3, 0.4) is 0 Å². The Hall–Kier alpha value is -3.23. The molecular formula is C22H11F11N2OS. The molecular weight excluding hydrogens is 549 g/mol. The number of nitrogens with zero attached hydrogens (tertiary/aromatic N) is 1. The van der Waals surface area contributed by atoms with E-state index in [1.807, 2.05) is 0 Å². The van der Waals surface area contributed by atoms with Crippen molar-refractivity contribution < 1.29 is 53.1 Å². The van der Waals surface area contributed by atoms with Crippen molar-refractivity contribution in [1.82, 2.24) is 4.98 Å². The first-order chi connectivity index (χ1) is 16.9. The second-order valence-electron chi connectivity index (χ2n) is 7.97. The molecule has 1 fully saturated rings. The number of rotatable bonds is 4. The highest BCUT2D eigenvalue weighted by molar-refractivity contribution is 7.14. The predicted molar refractivity (Wildman–Crippen MR) is 110 cm³/mol. The average molecular weight is 560 g/mol. The summed E-state index contributed by atoms with van der Waals surface area (Å²) < 4.78 is 152. The number of hydrogen-bond acceptors (Lipinski definition) is 3. The molecule has 2 aromatic carbocycles. The number of anilines is 1. The molecule has 0 atom stereocenters. The van der Waals surface area contributed by atoms with Crippen LogP contribution in [0.1, 0.15) is 0 Å². The minimum Gasteiger partial charge on any atom is -0.299 e. The topological polar surface area (TPSA) is 42.0 Å². The lowest BCUT2D eigenvalue weighted by Crippen LogP contribution is -2.86. The molecule has 1 aliphatic carbocycles. The van der Waals surface area contributed by atoms with Gasteiger partial charge in [-0.05, 0) is 11.1 Å². The Bertz CT molecular complexity index is 1290. The second kappa shape index (κ2) is 8.13. The minimum absolute atomic E-state index is 0.0304. The van der Waals surface area contributed by atoms with Gasteiger partial charge in [0.1, 0.15) is 0 Å². The maximum absolute atomic E-state index is 14.8. The van der Waals surface area contributed by atoms with E-state index in [2.05, 4.69) is 4.98 Å². The van der Waals surface area contributed by atoms with Crippen LogP contribution in [-0.4, -0.2) is 46.2 Å². The third-order valence-electron chi connectivity index (χ3n) is 5.77. The molecule has 0 saturated heterocycles. The first-order valence-electron chi connectivity index (χ1n) is 9.94. The van der Waals surface area contributed by atoms with Crippen LogP contribution in [0, 0.1) is 0 Å². The van der Waals surface area contributed by atoms with E-state index in [-0.39, 0.29) is 5.69 Å². The number of amides is 1. The predicted octanol–water partition coefficient (Wildman–Crippen LogP) is 7.31. The smallest absolute Gasteiger partial charge is 0.299 e. The van der Waals surface area contributed by atoms with Crippen molar-refractivity contribution in [1.29, 1.82) is 0 Å². The molecule has 1 heterocycles. The largest absolute Gasteiger partial charge is 0.384 e. The van der Waals surface area contributed by atoms with E-state index >= 15 is 0 Å². The summed E-state index contributed by atoms with van der Waals surface area (Å²) in [5.41, 5.74) is -4.90. The zero-order valence-electron chi connectivity index (χ0n) is 17.7. The Labute approximate surface area is 203 Å². The molecule has 4 rings (SSSR count). The standard InChI is InChI=1S/C22H11F11N2OS/c23-17(18(24,25)20(28,29)22(32,33)21(30,31)19(17,26)27)15(36)35-16-34-14(10-37-16)13-8-6-12(7-9-13)11-4-2-1-3-5-11/h1-10H,(H,34,35,36). The van der Waals surface area contributed by atoms with Crippen molar-refractivity contribution in [2.75, 3.05) is 5.32 Å². The minimum atomic E-state index is -7.40. The summed E-state index contributed by atoms with van der Waals surface area (Å²) in [5, 5.41) is 1.20. The van der Waals surface area contributed by atoms with Crippen LogP contribution in [0.4, 0.5) is 53.4 Å². The third kappa shape index (κ3) is 3.38. The van der Waals surface area contributed by atoms with E-state index in [0.29, 0.717) is 16.9 Å². The molecule has 3 nitrogen and oxygen atoms in total. The fourth-order valence-electron chi connectivity index (χ4n) is 3.62. The van der Waals surface area contributed by atoms with Gasteiger partial charge in [-0.25, -0.2) is 9.37 Å². The number of thiazole rings is 1. The van der Waals surface area contributed by atoms with Gasteiger partial charge < -0.3 is 0 Å². The normalized spacial score (nSPS) is 22.2. The highest BCUT2D eigenvalue weighted by Crippen LogP contribution is 2.69. The summed E-state index contributed by atoms with van der Waals surface area (Å²) in [4.78, 5) is 15.7. The van der Waals surface area contributed by atoms with Crippen molar-refractivity contribution in [2.24, 2.45) is 0 Å². The summed E-state index contributed by atoms with van der Waals surface area (Å²) in [5.74, 6) is -40.1. The monoisotopic (exact) mass is 560 g/mol. The fraction of sp³-hybridized carbons (Fsp3) is 0.273. The van der Waals surface area contributed by atoms with Gasteiger partial charge in [0.15, 0.2) is 5.13 Å². The number of carbonyl (C=O) groups is 1. The van der Waals surface area contributed by atoms with Crippen LogP contribution in [0.15, 0.2) is 60.0 Å². The Kier molecular flexibility index (Phi) is 5.90. The van der Waals surface area contributed by atoms with Crippen molar-refractivity contribution >= 4 is 22.4 Å². The van der Waals surface area contributed by atoms with E-state index in [1.165, 1.54) is 12.1 Å². The van der Waals surface area contributed by atoms with Gasteiger partial charge in [-0.2, -0.15) is 43.9 Å². The van der Waals surface area contributed by atoms with Crippen molar-refractivity contribution in [3.05, 3.63) is 60.0 Å². The van der Waals surface area contributed by atoms with Crippen LogP contribution in [0.2, 0.25) is 0 Å². The lowest BCUT2D eigenvalue weighted by atomic mass is 9.71. The van der Waals surface area contributed by atoms with Gasteiger partial charge in [0.25, 0.3) is 5.91 Å². The molecule has 1 N–H and O–H groups in total. The summed E-state index contributed by atoms with van der Waals surface area (Å²) in [7, 11) is 0. The summed E-state index contributed by atoms with van der Waals surface area (Å²) in [6, 6.07) is 15.2. The Morgan fingerprint density at radius 3 is 1.57 bits per heavy atom. The van der Waals surface area contributed by atoms with Crippen LogP contribution in [0.25, 0.3) is 22.4 Å². The first kappa shape index (κ1) is 26.8. The quantitative estimate of drug-likeness (QED) is 0.340. The van der Waals surface area contributed by atoms with Gasteiger partial charge in [-0.3, -0.25) is 10.1 Å². The number of aromatic nitrogens is 1. The van der Waals surface area contributed by atoms with Crippen molar-refractivity contribution in [3.8, 4) is 22.4 Å². The number of hydrogen-bond donors (Lipinski definition) is 1. The third-order valence-corrected chi connectivity index (χ3v) is 6.53. The molecule has 1 amide bonds. The lowest BCUT2D eigenvalue weighted by molar-refractivity contribution is -0.475. The van der Waals surface area contributed by atoms with E-state index in [0.717, 1.165) is 21.8 Å². The zero-order chi connectivity index (χ0) is 27.7. The molecule has 1 aromatic heterocycles. The molecule has 15 heteroatoms. The fourth-order valence-corrected chi connectivity index (χ4v) is 4.33. The van der Waals surface area contributed by atoms with Crippen LogP contribution in [-0.2, 0) is 4.79 Å². The zero-order valence-corrected chi connectivity index (χ0v) is 18.5. The first-order valence-corrected chi connectivity index (χ1v) is 10.8. The molecule has 0 radical (unpaired) electrons. The van der Waals surface area contributed by atoms with Gasteiger partial charge in [0.2, 0.25) is 0 Å². The van der Waals surface area contributed by atoms with E-state index in [4.69, 9.17) is 0 Å². The number of alkyl halides is 11. The summed E-state index contributed by atoms with van der Waals surface area (Å²) >= 11 is 0.313. The highest BCUT2D eigenvalue weighted by atomic mass is 32.1. The van der Waals surface area contributed by atoms with Gasteiger partial charge >= 0.3 is 35.3 Å². The molecule has 0 aliphatic heterocycles. The number of carbonyl (C=O) groups excluding carboxylic acids is 1. The lowest BCUT2D eigenvalue weighted by Gasteiger charge is -2.51. The van der Waals surface area contributed by atoms with Crippen LogP contribution < -0.4 is 5.32 Å². The maximum Gasteiger partial charge on any atom is 0.384 e. The summed E-state index contributed by atoms with van der Waals surface area (Å²) in [6.07, 6.45) is 0. The molecule has 0 bridgehead atoms. The van der Waals surface area contributed by atoms with Gasteiger partial charge in [0, 0.05) is 10.9 Å². The molecule has 0 spiro atoms. The second-order valence-corrected chi connectivity index (χ2v) is 8.82. The average Bonchev–Trinajstić information content (AvgIpc) is 3.31. The molecule has 0 unspecified atom stereocenters. The molecule has 1 saturated carbocycles. The molecule has 198 valence electrons. The van der Waals surface area contributed by atoms with Gasteiger partial charge in [0.05, 0.1) is 5.69 Å². The van der Waals surface area contributed by atoms with E-state index < -0.39 is 46.3 Å². The van der Waals surface area contributed by atoms with Gasteiger partial charge in [-0.1, -0.05) is 54.6 Å². The Morgan fingerprint density at radius 1 is 0.622 bits per heavy atom. The van der Waals surface area contributed by atoms with Crippen LogP contribution in [0.5, 0.6) is 0 Å². The maximum atomic E-state index is 14.8. The highest BCUT2D eigenvalue weighted by Gasteiger charge is 3.02. The van der Waals surface area contributed by atoms with Crippen molar-refractivity contribution in [2.45, 2.75) is 35.3 Å². The van der Waals surface area contributed by atoms with Crippen LogP contribution >= 0.6 is 11.3 Å².